The molecule has 0 spiro atoms. The third-order valence-electron chi connectivity index (χ3n) is 2.12. The molecular weight excluding hydrogens is 178 g/mol. The summed E-state index contributed by atoms with van der Waals surface area (Å²) < 4.78 is 1.80. The largest absolute Gasteiger partial charge is 0.380 e. The molecule has 1 atom stereocenters. The van der Waals surface area contributed by atoms with Gasteiger partial charge in [-0.3, -0.25) is 4.98 Å². The highest BCUT2D eigenvalue weighted by molar-refractivity contribution is 5.20. The van der Waals surface area contributed by atoms with Gasteiger partial charge >= 0.3 is 0 Å². The lowest BCUT2D eigenvalue weighted by molar-refractivity contribution is 0.206. The Morgan fingerprint density at radius 1 is 1.29 bits per heavy atom. The van der Waals surface area contributed by atoms with Crippen molar-refractivity contribution in [3.63, 3.8) is 0 Å². The normalized spacial score (nSPS) is 12.7. The Bertz CT molecular complexity index is 410. The van der Waals surface area contributed by atoms with Crippen LogP contribution in [0.1, 0.15) is 17.5 Å². The second-order valence-electron chi connectivity index (χ2n) is 3.08. The molecule has 0 aliphatic carbocycles. The van der Waals surface area contributed by atoms with E-state index in [-0.39, 0.29) is 0 Å². The summed E-state index contributed by atoms with van der Waals surface area (Å²) in [5.41, 5.74) is 0.800. The molecule has 0 fully saturated rings. The van der Waals surface area contributed by atoms with Gasteiger partial charge in [-0.25, -0.2) is 4.98 Å². The van der Waals surface area contributed by atoms with Gasteiger partial charge < -0.3 is 9.67 Å². The maximum atomic E-state index is 9.95. The number of aryl methyl sites for hydroxylation is 1. The molecule has 0 saturated heterocycles. The van der Waals surface area contributed by atoms with E-state index in [9.17, 15) is 5.11 Å². The first kappa shape index (κ1) is 8.90. The number of aromatic nitrogens is 3. The number of aliphatic hydroxyl groups is 1. The SMILES string of the molecule is Cn1ccnc1C(O)c1ccncc1. The smallest absolute Gasteiger partial charge is 0.142 e. The Balaban J connectivity index is 2.34. The molecule has 4 heteroatoms. The monoisotopic (exact) mass is 189 g/mol. The Labute approximate surface area is 81.9 Å². The van der Waals surface area contributed by atoms with Crippen LogP contribution < -0.4 is 0 Å². The van der Waals surface area contributed by atoms with Crippen molar-refractivity contribution < 1.29 is 5.11 Å². The van der Waals surface area contributed by atoms with E-state index < -0.39 is 6.10 Å². The summed E-state index contributed by atoms with van der Waals surface area (Å²) in [6.07, 6.45) is 6.10. The third kappa shape index (κ3) is 1.52. The summed E-state index contributed by atoms with van der Waals surface area (Å²) in [6, 6.07) is 3.55. The maximum Gasteiger partial charge on any atom is 0.142 e. The standard InChI is InChI=1S/C10H11N3O/c1-13-7-6-12-10(13)9(14)8-2-4-11-5-3-8/h2-7,9,14H,1H3. The van der Waals surface area contributed by atoms with E-state index in [0.29, 0.717) is 5.82 Å². The molecule has 2 rings (SSSR count). The molecule has 0 aromatic carbocycles. The summed E-state index contributed by atoms with van der Waals surface area (Å²) in [6.45, 7) is 0. The molecule has 72 valence electrons. The predicted octanol–water partition coefficient (Wildman–Crippen LogP) is 0.897. The van der Waals surface area contributed by atoms with E-state index in [1.54, 1.807) is 41.5 Å². The van der Waals surface area contributed by atoms with E-state index in [4.69, 9.17) is 0 Å². The van der Waals surface area contributed by atoms with Gasteiger partial charge in [0.2, 0.25) is 0 Å². The molecule has 4 nitrogen and oxygen atoms in total. The summed E-state index contributed by atoms with van der Waals surface area (Å²) in [7, 11) is 1.85. The number of rotatable bonds is 2. The second kappa shape index (κ2) is 3.59. The van der Waals surface area contributed by atoms with Gasteiger partial charge in [-0.05, 0) is 17.7 Å². The molecular formula is C10H11N3O. The second-order valence-corrected chi connectivity index (χ2v) is 3.08. The zero-order chi connectivity index (χ0) is 9.97. The lowest BCUT2D eigenvalue weighted by Gasteiger charge is -2.09. The Morgan fingerprint density at radius 3 is 2.57 bits per heavy atom. The first-order valence-corrected chi connectivity index (χ1v) is 4.34. The van der Waals surface area contributed by atoms with Crippen LogP contribution in [0.15, 0.2) is 36.9 Å². The van der Waals surface area contributed by atoms with Crippen LogP contribution in [-0.4, -0.2) is 19.6 Å². The van der Waals surface area contributed by atoms with Crippen molar-refractivity contribution in [3.8, 4) is 0 Å². The first-order valence-electron chi connectivity index (χ1n) is 4.34. The molecule has 2 heterocycles. The molecule has 0 amide bonds. The van der Waals surface area contributed by atoms with Crippen molar-refractivity contribution in [1.82, 2.24) is 14.5 Å². The third-order valence-corrected chi connectivity index (χ3v) is 2.12. The van der Waals surface area contributed by atoms with Gasteiger partial charge in [-0.15, -0.1) is 0 Å². The minimum Gasteiger partial charge on any atom is -0.380 e. The zero-order valence-corrected chi connectivity index (χ0v) is 7.83. The lowest BCUT2D eigenvalue weighted by Crippen LogP contribution is -2.06. The number of aliphatic hydroxyl groups excluding tert-OH is 1. The molecule has 1 N–H and O–H groups in total. The van der Waals surface area contributed by atoms with Crippen LogP contribution in [0.25, 0.3) is 0 Å². The highest BCUT2D eigenvalue weighted by Crippen LogP contribution is 2.18. The summed E-state index contributed by atoms with van der Waals surface area (Å²) in [4.78, 5) is 7.98. The molecule has 0 aliphatic heterocycles. The molecule has 2 aromatic rings. The Hall–Kier alpha value is -1.68. The van der Waals surface area contributed by atoms with E-state index in [1.807, 2.05) is 7.05 Å². The fraction of sp³-hybridized carbons (Fsp3) is 0.200. The average Bonchev–Trinajstić information content (AvgIpc) is 2.65. The van der Waals surface area contributed by atoms with Crippen LogP contribution in [0.3, 0.4) is 0 Å². The van der Waals surface area contributed by atoms with Gasteiger partial charge in [0.25, 0.3) is 0 Å². The van der Waals surface area contributed by atoms with Crippen LogP contribution in [0.2, 0.25) is 0 Å². The molecule has 0 aliphatic rings. The quantitative estimate of drug-likeness (QED) is 0.763. The van der Waals surface area contributed by atoms with Crippen molar-refractivity contribution in [2.75, 3.05) is 0 Å². The average molecular weight is 189 g/mol. The summed E-state index contributed by atoms with van der Waals surface area (Å²) in [5, 5.41) is 9.95. The highest BCUT2D eigenvalue weighted by Gasteiger charge is 2.13. The number of imidazole rings is 1. The Morgan fingerprint density at radius 2 is 2.00 bits per heavy atom. The van der Waals surface area contributed by atoms with Gasteiger partial charge in [0.15, 0.2) is 0 Å². The lowest BCUT2D eigenvalue weighted by atomic mass is 10.1. The predicted molar refractivity (Wildman–Crippen MR) is 51.5 cm³/mol. The van der Waals surface area contributed by atoms with Gasteiger partial charge in [0.05, 0.1) is 0 Å². The Kier molecular flexibility index (Phi) is 2.28. The highest BCUT2D eigenvalue weighted by atomic mass is 16.3. The van der Waals surface area contributed by atoms with Crippen LogP contribution >= 0.6 is 0 Å². The van der Waals surface area contributed by atoms with Crippen molar-refractivity contribution in [2.45, 2.75) is 6.10 Å². The van der Waals surface area contributed by atoms with Crippen LogP contribution in [0, 0.1) is 0 Å². The minimum absolute atomic E-state index is 0.635. The van der Waals surface area contributed by atoms with E-state index in [0.717, 1.165) is 5.56 Å². The minimum atomic E-state index is -0.682. The van der Waals surface area contributed by atoms with Gasteiger partial charge in [-0.2, -0.15) is 0 Å². The summed E-state index contributed by atoms with van der Waals surface area (Å²) >= 11 is 0. The van der Waals surface area contributed by atoms with Crippen molar-refractivity contribution in [2.24, 2.45) is 7.05 Å². The molecule has 0 radical (unpaired) electrons. The van der Waals surface area contributed by atoms with Gasteiger partial charge in [0, 0.05) is 31.8 Å². The number of pyridine rings is 1. The molecule has 0 saturated carbocycles. The fourth-order valence-electron chi connectivity index (χ4n) is 1.34. The van der Waals surface area contributed by atoms with Gasteiger partial charge in [0.1, 0.15) is 11.9 Å². The fourth-order valence-corrected chi connectivity index (χ4v) is 1.34. The van der Waals surface area contributed by atoms with Crippen molar-refractivity contribution in [1.29, 1.82) is 0 Å². The van der Waals surface area contributed by atoms with Crippen LogP contribution in [0.4, 0.5) is 0 Å². The molecule has 2 aromatic heterocycles. The maximum absolute atomic E-state index is 9.95. The molecule has 1 unspecified atom stereocenters. The van der Waals surface area contributed by atoms with Crippen molar-refractivity contribution in [3.05, 3.63) is 48.3 Å². The number of nitrogens with zero attached hydrogens (tertiary/aromatic N) is 3. The van der Waals surface area contributed by atoms with E-state index in [2.05, 4.69) is 9.97 Å². The zero-order valence-electron chi connectivity index (χ0n) is 7.83. The van der Waals surface area contributed by atoms with Gasteiger partial charge in [-0.1, -0.05) is 0 Å². The van der Waals surface area contributed by atoms with Crippen LogP contribution in [-0.2, 0) is 7.05 Å². The topological polar surface area (TPSA) is 50.9 Å². The number of hydrogen-bond donors (Lipinski definition) is 1. The van der Waals surface area contributed by atoms with Crippen LogP contribution in [0.5, 0.6) is 0 Å². The van der Waals surface area contributed by atoms with Crippen molar-refractivity contribution >= 4 is 0 Å². The first-order chi connectivity index (χ1) is 6.79. The van der Waals surface area contributed by atoms with E-state index >= 15 is 0 Å². The molecule has 0 bridgehead atoms. The van der Waals surface area contributed by atoms with E-state index in [1.165, 1.54) is 0 Å². The number of hydrogen-bond acceptors (Lipinski definition) is 3. The molecule has 14 heavy (non-hydrogen) atoms. The summed E-state index contributed by atoms with van der Waals surface area (Å²) in [5.74, 6) is 0.635.